The first-order valence-corrected chi connectivity index (χ1v) is 5.61. The van der Waals surface area contributed by atoms with Gasteiger partial charge >= 0.3 is 5.97 Å². The smallest absolute Gasteiger partial charge is 0.314 e. The minimum Gasteiger partial charge on any atom is -0.481 e. The third-order valence-electron chi connectivity index (χ3n) is 3.15. The number of carboxylic acids is 1. The molecule has 1 aromatic carbocycles. The highest BCUT2D eigenvalue weighted by molar-refractivity contribution is 5.76. The van der Waals surface area contributed by atoms with Crippen molar-refractivity contribution in [1.29, 1.82) is 0 Å². The Labute approximate surface area is 98.5 Å². The molecule has 1 atom stereocenters. The van der Waals surface area contributed by atoms with Gasteiger partial charge in [-0.1, -0.05) is 30.3 Å². The van der Waals surface area contributed by atoms with Crippen LogP contribution in [0.3, 0.4) is 0 Å². The van der Waals surface area contributed by atoms with Gasteiger partial charge < -0.3 is 9.67 Å². The van der Waals surface area contributed by atoms with Crippen LogP contribution in [0.15, 0.2) is 36.5 Å². The number of aromatic nitrogens is 2. The van der Waals surface area contributed by atoms with E-state index in [1.54, 1.807) is 0 Å². The van der Waals surface area contributed by atoms with Gasteiger partial charge in [0.25, 0.3) is 0 Å². The number of rotatable bonds is 2. The highest BCUT2D eigenvalue weighted by atomic mass is 16.4. The second kappa shape index (κ2) is 3.73. The van der Waals surface area contributed by atoms with Gasteiger partial charge in [0.05, 0.1) is 5.69 Å². The van der Waals surface area contributed by atoms with Crippen LogP contribution in [-0.2, 0) is 11.3 Å². The van der Waals surface area contributed by atoms with E-state index >= 15 is 0 Å². The fourth-order valence-electron chi connectivity index (χ4n) is 2.27. The van der Waals surface area contributed by atoms with Crippen molar-refractivity contribution in [2.75, 3.05) is 0 Å². The summed E-state index contributed by atoms with van der Waals surface area (Å²) in [7, 11) is 0. The SMILES string of the molecule is O=C(O)C1CCn2cc(-c3ccccc3)nc21. The van der Waals surface area contributed by atoms with Crippen LogP contribution < -0.4 is 0 Å². The van der Waals surface area contributed by atoms with Gasteiger partial charge in [-0.2, -0.15) is 0 Å². The summed E-state index contributed by atoms with van der Waals surface area (Å²) in [6, 6.07) is 9.82. The zero-order chi connectivity index (χ0) is 11.8. The zero-order valence-electron chi connectivity index (χ0n) is 9.21. The van der Waals surface area contributed by atoms with E-state index in [-0.39, 0.29) is 0 Å². The average molecular weight is 228 g/mol. The fourth-order valence-corrected chi connectivity index (χ4v) is 2.27. The number of aliphatic carboxylic acids is 1. The predicted molar refractivity (Wildman–Crippen MR) is 62.7 cm³/mol. The van der Waals surface area contributed by atoms with E-state index in [1.807, 2.05) is 41.1 Å². The van der Waals surface area contributed by atoms with Gasteiger partial charge in [-0.05, 0) is 6.42 Å². The van der Waals surface area contributed by atoms with E-state index in [1.165, 1.54) is 0 Å². The molecule has 2 aromatic rings. The third kappa shape index (κ3) is 1.62. The summed E-state index contributed by atoms with van der Waals surface area (Å²) in [5.74, 6) is -0.558. The molecule has 0 saturated carbocycles. The standard InChI is InChI=1S/C13H12N2O2/c16-13(17)10-6-7-15-8-11(14-12(10)15)9-4-2-1-3-5-9/h1-5,8,10H,6-7H2,(H,16,17). The second-order valence-corrected chi connectivity index (χ2v) is 4.22. The van der Waals surface area contributed by atoms with Crippen molar-refractivity contribution >= 4 is 5.97 Å². The Morgan fingerprint density at radius 3 is 2.82 bits per heavy atom. The predicted octanol–water partition coefficient (Wildman–Crippen LogP) is 2.12. The topological polar surface area (TPSA) is 55.1 Å². The first-order valence-electron chi connectivity index (χ1n) is 5.61. The molecule has 0 amide bonds. The molecule has 1 aliphatic rings. The molecule has 1 aromatic heterocycles. The van der Waals surface area contributed by atoms with Crippen LogP contribution in [-0.4, -0.2) is 20.6 Å². The maximum atomic E-state index is 11.1. The maximum Gasteiger partial charge on any atom is 0.314 e. The van der Waals surface area contributed by atoms with Gasteiger partial charge in [0.15, 0.2) is 0 Å². The van der Waals surface area contributed by atoms with Gasteiger partial charge in [0.2, 0.25) is 0 Å². The molecule has 0 spiro atoms. The second-order valence-electron chi connectivity index (χ2n) is 4.22. The van der Waals surface area contributed by atoms with E-state index in [4.69, 9.17) is 5.11 Å². The van der Waals surface area contributed by atoms with Crippen LogP contribution in [0.5, 0.6) is 0 Å². The minimum absolute atomic E-state index is 0.451. The molecular weight excluding hydrogens is 216 g/mol. The van der Waals surface area contributed by atoms with Gasteiger partial charge in [0, 0.05) is 18.3 Å². The van der Waals surface area contributed by atoms with Gasteiger partial charge in [-0.3, -0.25) is 4.79 Å². The third-order valence-corrected chi connectivity index (χ3v) is 3.15. The number of hydrogen-bond donors (Lipinski definition) is 1. The van der Waals surface area contributed by atoms with E-state index in [9.17, 15) is 4.79 Å². The number of carbonyl (C=O) groups is 1. The summed E-state index contributed by atoms with van der Waals surface area (Å²) in [5.41, 5.74) is 1.88. The molecule has 1 aliphatic heterocycles. The van der Waals surface area contributed by atoms with Crippen molar-refractivity contribution in [3.05, 3.63) is 42.4 Å². The summed E-state index contributed by atoms with van der Waals surface area (Å²) < 4.78 is 1.95. The minimum atomic E-state index is -0.783. The lowest BCUT2D eigenvalue weighted by Gasteiger charge is -2.00. The Bertz CT molecular complexity index is 560. The Morgan fingerprint density at radius 2 is 2.12 bits per heavy atom. The number of carboxylic acid groups (broad SMARTS) is 1. The number of hydrogen-bond acceptors (Lipinski definition) is 2. The highest BCUT2D eigenvalue weighted by Gasteiger charge is 2.30. The lowest BCUT2D eigenvalue weighted by molar-refractivity contribution is -0.138. The average Bonchev–Trinajstić information content (AvgIpc) is 2.88. The van der Waals surface area contributed by atoms with Crippen LogP contribution >= 0.6 is 0 Å². The molecule has 3 rings (SSSR count). The van der Waals surface area contributed by atoms with Crippen molar-refractivity contribution in [3.63, 3.8) is 0 Å². The molecule has 0 fully saturated rings. The zero-order valence-corrected chi connectivity index (χ0v) is 9.21. The van der Waals surface area contributed by atoms with Crippen LogP contribution in [0.4, 0.5) is 0 Å². The van der Waals surface area contributed by atoms with Crippen LogP contribution in [0.1, 0.15) is 18.2 Å². The lowest BCUT2D eigenvalue weighted by atomic mass is 10.1. The normalized spacial score (nSPS) is 18.0. The lowest BCUT2D eigenvalue weighted by Crippen LogP contribution is -2.09. The molecule has 1 unspecified atom stereocenters. The van der Waals surface area contributed by atoms with E-state index < -0.39 is 11.9 Å². The maximum absolute atomic E-state index is 11.1. The molecule has 4 heteroatoms. The van der Waals surface area contributed by atoms with Crippen molar-refractivity contribution in [3.8, 4) is 11.3 Å². The van der Waals surface area contributed by atoms with Gasteiger partial charge in [-0.15, -0.1) is 0 Å². The first-order chi connectivity index (χ1) is 8.25. The highest BCUT2D eigenvalue weighted by Crippen LogP contribution is 2.30. The molecule has 0 radical (unpaired) electrons. The molecule has 1 N–H and O–H groups in total. The van der Waals surface area contributed by atoms with Crippen molar-refractivity contribution < 1.29 is 9.90 Å². The summed E-state index contributed by atoms with van der Waals surface area (Å²) in [6.07, 6.45) is 2.58. The molecule has 0 bridgehead atoms. The van der Waals surface area contributed by atoms with E-state index in [2.05, 4.69) is 4.98 Å². The number of imidazole rings is 1. The monoisotopic (exact) mass is 228 g/mol. The van der Waals surface area contributed by atoms with Crippen LogP contribution in [0, 0.1) is 0 Å². The fraction of sp³-hybridized carbons (Fsp3) is 0.231. The summed E-state index contributed by atoms with van der Waals surface area (Å²) in [5, 5.41) is 9.09. The van der Waals surface area contributed by atoms with E-state index in [0.29, 0.717) is 12.2 Å². The molecule has 86 valence electrons. The Morgan fingerprint density at radius 1 is 1.35 bits per heavy atom. The molecule has 4 nitrogen and oxygen atoms in total. The summed E-state index contributed by atoms with van der Waals surface area (Å²) in [6.45, 7) is 0.742. The van der Waals surface area contributed by atoms with Crippen LogP contribution in [0.2, 0.25) is 0 Å². The molecule has 2 heterocycles. The molecule has 0 aliphatic carbocycles. The van der Waals surface area contributed by atoms with Crippen LogP contribution in [0.25, 0.3) is 11.3 Å². The van der Waals surface area contributed by atoms with Crippen molar-refractivity contribution in [1.82, 2.24) is 9.55 Å². The summed E-state index contributed by atoms with van der Waals surface area (Å²) in [4.78, 5) is 15.5. The van der Waals surface area contributed by atoms with Crippen molar-refractivity contribution in [2.24, 2.45) is 0 Å². The number of benzene rings is 1. The van der Waals surface area contributed by atoms with Gasteiger partial charge in [0.1, 0.15) is 11.7 Å². The molecular formula is C13H12N2O2. The molecule has 0 saturated heterocycles. The number of aryl methyl sites for hydroxylation is 1. The van der Waals surface area contributed by atoms with E-state index in [0.717, 1.165) is 17.8 Å². The molecule has 17 heavy (non-hydrogen) atoms. The Balaban J connectivity index is 2.02. The Kier molecular flexibility index (Phi) is 2.21. The Hall–Kier alpha value is -2.10. The first kappa shape index (κ1) is 10.1. The number of nitrogens with zero attached hydrogens (tertiary/aromatic N) is 2. The van der Waals surface area contributed by atoms with Gasteiger partial charge in [-0.25, -0.2) is 4.98 Å². The summed E-state index contributed by atoms with van der Waals surface area (Å²) >= 11 is 0. The van der Waals surface area contributed by atoms with Crippen molar-refractivity contribution in [2.45, 2.75) is 18.9 Å². The quantitative estimate of drug-likeness (QED) is 0.856. The largest absolute Gasteiger partial charge is 0.481 e. The number of fused-ring (bicyclic) bond motifs is 1.